The predicted molar refractivity (Wildman–Crippen MR) is 80.6 cm³/mol. The minimum Gasteiger partial charge on any atom is -0.368 e. The smallest absolute Gasteiger partial charge is 0.368 e. The molecular formula is C15H24F3N3O3. The molecule has 1 rings (SSSR count). The van der Waals surface area contributed by atoms with Crippen LogP contribution in [-0.4, -0.2) is 47.9 Å². The summed E-state index contributed by atoms with van der Waals surface area (Å²) in [5.41, 5.74) is 5.37. The summed E-state index contributed by atoms with van der Waals surface area (Å²) in [5, 5.41) is 1.77. The molecule has 0 spiro atoms. The molecule has 0 aromatic rings. The molecule has 2 unspecified atom stereocenters. The molecule has 0 radical (unpaired) electrons. The lowest BCUT2D eigenvalue weighted by atomic mass is 10.0. The van der Waals surface area contributed by atoms with E-state index < -0.39 is 24.0 Å². The highest BCUT2D eigenvalue weighted by Crippen LogP contribution is 2.25. The third-order valence-electron chi connectivity index (χ3n) is 4.09. The Labute approximate surface area is 138 Å². The highest BCUT2D eigenvalue weighted by Gasteiger charge is 2.38. The summed E-state index contributed by atoms with van der Waals surface area (Å²) in [6, 6.07) is -0.738. The summed E-state index contributed by atoms with van der Waals surface area (Å²) in [6.45, 7) is 2.37. The van der Waals surface area contributed by atoms with Crippen molar-refractivity contribution < 1.29 is 27.6 Å². The number of nitrogens with two attached hydrogens (primary N) is 1. The van der Waals surface area contributed by atoms with Gasteiger partial charge in [-0.05, 0) is 31.6 Å². The number of likely N-dealkylation sites (tertiary alicyclic amines) is 1. The van der Waals surface area contributed by atoms with Gasteiger partial charge in [0.25, 0.3) is 0 Å². The van der Waals surface area contributed by atoms with Gasteiger partial charge in [-0.3, -0.25) is 14.4 Å². The number of nitrogens with zero attached hydrogens (tertiary/aromatic N) is 1. The summed E-state index contributed by atoms with van der Waals surface area (Å²) in [6.07, 6.45) is -1.71. The quantitative estimate of drug-likeness (QED) is 0.614. The summed E-state index contributed by atoms with van der Waals surface area (Å²) in [4.78, 5) is 35.8. The Kier molecular flexibility index (Phi) is 7.50. The minimum atomic E-state index is -4.90. The molecule has 0 bridgehead atoms. The summed E-state index contributed by atoms with van der Waals surface area (Å²) in [5.74, 6) is -2.48. The molecule has 1 fully saturated rings. The monoisotopic (exact) mass is 351 g/mol. The first-order valence-electron chi connectivity index (χ1n) is 8.10. The second-order valence-electron chi connectivity index (χ2n) is 6.07. The largest absolute Gasteiger partial charge is 0.471 e. The zero-order valence-corrected chi connectivity index (χ0v) is 13.7. The number of alkyl halides is 3. The number of unbranched alkanes of at least 4 members (excludes halogenated alkanes) is 1. The van der Waals surface area contributed by atoms with Gasteiger partial charge in [-0.2, -0.15) is 13.2 Å². The molecule has 0 aromatic heterocycles. The lowest BCUT2D eigenvalue weighted by Crippen LogP contribution is -2.45. The summed E-state index contributed by atoms with van der Waals surface area (Å²) in [7, 11) is 0. The second-order valence-corrected chi connectivity index (χ2v) is 6.07. The highest BCUT2D eigenvalue weighted by atomic mass is 19.4. The third kappa shape index (κ3) is 6.01. The van der Waals surface area contributed by atoms with Crippen LogP contribution in [0.3, 0.4) is 0 Å². The Balaban J connectivity index is 2.41. The van der Waals surface area contributed by atoms with Gasteiger partial charge in [0.05, 0.1) is 0 Å². The Morgan fingerprint density at radius 1 is 1.38 bits per heavy atom. The molecule has 1 saturated heterocycles. The van der Waals surface area contributed by atoms with Crippen LogP contribution in [0.5, 0.6) is 0 Å². The molecule has 1 heterocycles. The molecule has 0 aromatic carbocycles. The Morgan fingerprint density at radius 3 is 2.58 bits per heavy atom. The van der Waals surface area contributed by atoms with E-state index in [9.17, 15) is 27.6 Å². The molecule has 0 aliphatic carbocycles. The predicted octanol–water partition coefficient (Wildman–Crippen LogP) is 1.34. The Hall–Kier alpha value is -1.80. The fraction of sp³-hybridized carbons (Fsp3) is 0.800. The number of carbonyl (C=O) groups is 3. The van der Waals surface area contributed by atoms with Gasteiger partial charge in [0.2, 0.25) is 11.8 Å². The minimum absolute atomic E-state index is 0.109. The standard InChI is InChI=1S/C15H24F3N3O3/c1-2-5-10-8-12(22)21(9-10)11(13(19)23)6-3-4-7-20-14(24)15(16,17)18/h10-11H,2-9H2,1H3,(H2,19,23)(H,20,24). The molecule has 3 amide bonds. The van der Waals surface area contributed by atoms with Crippen molar-refractivity contribution in [2.75, 3.05) is 13.1 Å². The van der Waals surface area contributed by atoms with Gasteiger partial charge in [0, 0.05) is 19.5 Å². The fourth-order valence-corrected chi connectivity index (χ4v) is 2.93. The zero-order valence-electron chi connectivity index (χ0n) is 13.7. The number of rotatable bonds is 9. The van der Waals surface area contributed by atoms with Gasteiger partial charge in [0.1, 0.15) is 6.04 Å². The average Bonchev–Trinajstić information content (AvgIpc) is 2.82. The van der Waals surface area contributed by atoms with E-state index in [-0.39, 0.29) is 31.2 Å². The molecule has 138 valence electrons. The molecule has 1 aliphatic heterocycles. The molecule has 24 heavy (non-hydrogen) atoms. The molecule has 6 nitrogen and oxygen atoms in total. The van der Waals surface area contributed by atoms with Crippen molar-refractivity contribution in [1.29, 1.82) is 0 Å². The summed E-state index contributed by atoms with van der Waals surface area (Å²) >= 11 is 0. The van der Waals surface area contributed by atoms with Crippen LogP contribution >= 0.6 is 0 Å². The maximum Gasteiger partial charge on any atom is 0.471 e. The van der Waals surface area contributed by atoms with E-state index in [0.717, 1.165) is 12.8 Å². The van der Waals surface area contributed by atoms with Crippen LogP contribution in [0.25, 0.3) is 0 Å². The van der Waals surface area contributed by atoms with Crippen molar-refractivity contribution in [2.24, 2.45) is 11.7 Å². The van der Waals surface area contributed by atoms with Crippen LogP contribution in [0.15, 0.2) is 0 Å². The first kappa shape index (κ1) is 20.2. The molecule has 3 N–H and O–H groups in total. The molecule has 9 heteroatoms. The molecule has 2 atom stereocenters. The van der Waals surface area contributed by atoms with Crippen LogP contribution in [0.2, 0.25) is 0 Å². The van der Waals surface area contributed by atoms with Crippen LogP contribution in [0, 0.1) is 5.92 Å². The molecular weight excluding hydrogens is 327 g/mol. The van der Waals surface area contributed by atoms with Crippen molar-refractivity contribution in [3.05, 3.63) is 0 Å². The Bertz CT molecular complexity index is 469. The van der Waals surface area contributed by atoms with Crippen LogP contribution in [0.1, 0.15) is 45.4 Å². The van der Waals surface area contributed by atoms with E-state index in [1.807, 2.05) is 6.92 Å². The van der Waals surface area contributed by atoms with Crippen molar-refractivity contribution in [3.8, 4) is 0 Å². The van der Waals surface area contributed by atoms with Crippen molar-refractivity contribution in [3.63, 3.8) is 0 Å². The highest BCUT2D eigenvalue weighted by molar-refractivity contribution is 5.87. The molecule has 0 saturated carbocycles. The van der Waals surface area contributed by atoms with Gasteiger partial charge in [-0.25, -0.2) is 0 Å². The number of hydrogen-bond donors (Lipinski definition) is 2. The summed E-state index contributed by atoms with van der Waals surface area (Å²) < 4.78 is 36.1. The second kappa shape index (κ2) is 8.89. The van der Waals surface area contributed by atoms with E-state index in [1.54, 1.807) is 5.32 Å². The van der Waals surface area contributed by atoms with E-state index in [4.69, 9.17) is 5.73 Å². The van der Waals surface area contributed by atoms with E-state index >= 15 is 0 Å². The van der Waals surface area contributed by atoms with Crippen molar-refractivity contribution in [2.45, 2.75) is 57.7 Å². The number of nitrogens with one attached hydrogen (secondary N) is 1. The van der Waals surface area contributed by atoms with Gasteiger partial charge < -0.3 is 16.0 Å². The normalized spacial score (nSPS) is 19.4. The van der Waals surface area contributed by atoms with Crippen LogP contribution < -0.4 is 11.1 Å². The first-order valence-corrected chi connectivity index (χ1v) is 8.10. The van der Waals surface area contributed by atoms with Gasteiger partial charge in [-0.15, -0.1) is 0 Å². The number of primary amides is 1. The number of carbonyl (C=O) groups excluding carboxylic acids is 3. The SMILES string of the molecule is CCCC1CC(=O)N(C(CCCCNC(=O)C(F)(F)F)C(N)=O)C1. The average molecular weight is 351 g/mol. The number of halogens is 3. The lowest BCUT2D eigenvalue weighted by Gasteiger charge is -2.25. The first-order chi connectivity index (χ1) is 11.2. The third-order valence-corrected chi connectivity index (χ3v) is 4.09. The van der Waals surface area contributed by atoms with E-state index in [1.165, 1.54) is 4.90 Å². The van der Waals surface area contributed by atoms with Crippen molar-refractivity contribution in [1.82, 2.24) is 10.2 Å². The lowest BCUT2D eigenvalue weighted by molar-refractivity contribution is -0.173. The van der Waals surface area contributed by atoms with Crippen molar-refractivity contribution >= 4 is 17.7 Å². The van der Waals surface area contributed by atoms with Crippen LogP contribution in [0.4, 0.5) is 13.2 Å². The maximum absolute atomic E-state index is 12.0. The number of hydrogen-bond acceptors (Lipinski definition) is 3. The maximum atomic E-state index is 12.0. The molecule has 1 aliphatic rings. The van der Waals surface area contributed by atoms with Gasteiger partial charge >= 0.3 is 12.1 Å². The number of amides is 3. The Morgan fingerprint density at radius 2 is 2.04 bits per heavy atom. The fourth-order valence-electron chi connectivity index (χ4n) is 2.93. The van der Waals surface area contributed by atoms with Gasteiger partial charge in [0.15, 0.2) is 0 Å². The van der Waals surface area contributed by atoms with E-state index in [0.29, 0.717) is 19.4 Å². The van der Waals surface area contributed by atoms with Gasteiger partial charge in [-0.1, -0.05) is 13.3 Å². The van der Waals surface area contributed by atoms with Crippen LogP contribution in [-0.2, 0) is 14.4 Å². The topological polar surface area (TPSA) is 92.5 Å². The van der Waals surface area contributed by atoms with E-state index in [2.05, 4.69) is 0 Å². The zero-order chi connectivity index (χ0) is 18.3.